The number of hydrogen-bond acceptors (Lipinski definition) is 5. The highest BCUT2D eigenvalue weighted by Crippen LogP contribution is 2.10. The van der Waals surface area contributed by atoms with Crippen LogP contribution in [0.2, 0.25) is 0 Å². The molecular weight excluding hydrogens is 394 g/mol. The zero-order valence-corrected chi connectivity index (χ0v) is 15.6. The van der Waals surface area contributed by atoms with Gasteiger partial charge in [0.2, 0.25) is 10.0 Å². The normalized spacial score (nSPS) is 12.2. The van der Waals surface area contributed by atoms with Crippen molar-refractivity contribution in [2.45, 2.75) is 24.5 Å². The molecule has 0 spiro atoms. The molecule has 2 aromatic rings. The van der Waals surface area contributed by atoms with Gasteiger partial charge in [0.1, 0.15) is 18.2 Å². The average molecular weight is 412 g/mol. The molecule has 0 aliphatic heterocycles. The van der Waals surface area contributed by atoms with Crippen molar-refractivity contribution in [3.63, 3.8) is 0 Å². The third-order valence-electron chi connectivity index (χ3n) is 3.57. The van der Waals surface area contributed by atoms with Crippen LogP contribution in [0, 0.1) is 11.6 Å². The molecule has 10 heteroatoms. The first-order valence-corrected chi connectivity index (χ1v) is 9.62. The zero-order valence-electron chi connectivity index (χ0n) is 14.8. The van der Waals surface area contributed by atoms with Crippen LogP contribution in [-0.2, 0) is 30.9 Å². The number of rotatable bonds is 8. The second kappa shape index (κ2) is 9.38. The maximum Gasteiger partial charge on any atom is 0.321 e. The van der Waals surface area contributed by atoms with Crippen LogP contribution >= 0.6 is 0 Å². The predicted octanol–water partition coefficient (Wildman–Crippen LogP) is 1.49. The van der Waals surface area contributed by atoms with Crippen molar-refractivity contribution in [2.24, 2.45) is 0 Å². The molecule has 0 unspecified atom stereocenters. The Labute approximate surface area is 160 Å². The minimum Gasteiger partial charge on any atom is -0.452 e. The number of nitrogens with one attached hydrogen (secondary N) is 2. The first kappa shape index (κ1) is 21.5. The molecule has 0 saturated heterocycles. The van der Waals surface area contributed by atoms with Crippen molar-refractivity contribution in [1.82, 2.24) is 10.0 Å². The van der Waals surface area contributed by atoms with Gasteiger partial charge < -0.3 is 10.1 Å². The van der Waals surface area contributed by atoms with E-state index >= 15 is 0 Å². The maximum absolute atomic E-state index is 13.1. The van der Waals surface area contributed by atoms with E-state index in [2.05, 4.69) is 5.32 Å². The third-order valence-corrected chi connectivity index (χ3v) is 4.97. The first-order chi connectivity index (χ1) is 13.2. The molecule has 0 radical (unpaired) electrons. The highest BCUT2D eigenvalue weighted by atomic mass is 32.2. The number of ether oxygens (including phenoxy) is 1. The fourth-order valence-corrected chi connectivity index (χ4v) is 3.10. The van der Waals surface area contributed by atoms with Gasteiger partial charge in [0.05, 0.1) is 4.90 Å². The fraction of sp³-hybridized carbons (Fsp3) is 0.222. The van der Waals surface area contributed by atoms with Crippen LogP contribution in [0.25, 0.3) is 0 Å². The molecule has 1 amide bonds. The van der Waals surface area contributed by atoms with Crippen molar-refractivity contribution < 1.29 is 31.5 Å². The van der Waals surface area contributed by atoms with Crippen molar-refractivity contribution >= 4 is 21.9 Å². The number of esters is 1. The summed E-state index contributed by atoms with van der Waals surface area (Å²) >= 11 is 0. The smallest absolute Gasteiger partial charge is 0.321 e. The van der Waals surface area contributed by atoms with E-state index < -0.39 is 46.2 Å². The van der Waals surface area contributed by atoms with Crippen LogP contribution in [0.5, 0.6) is 0 Å². The van der Waals surface area contributed by atoms with Crippen LogP contribution in [0.3, 0.4) is 0 Å². The summed E-state index contributed by atoms with van der Waals surface area (Å²) in [6, 6.07) is 9.75. The number of carbonyl (C=O) groups excluding carboxylic acids is 2. The number of benzene rings is 2. The molecular formula is C18H18F2N2O5S. The van der Waals surface area contributed by atoms with E-state index in [0.29, 0.717) is 5.56 Å². The van der Waals surface area contributed by atoms with Crippen LogP contribution in [0.4, 0.5) is 8.78 Å². The van der Waals surface area contributed by atoms with Gasteiger partial charge in [-0.2, -0.15) is 4.72 Å². The second-order valence-electron chi connectivity index (χ2n) is 5.76. The standard InChI is InChI=1S/C18H18F2N2O5S/c1-12(18(24)21-10-13-5-7-14(19)8-6-13)27-17(23)11-22-28(25,26)16-4-2-3-15(20)9-16/h2-9,12,22H,10-11H2,1H3,(H,21,24)/t12-/m1/s1. The largest absolute Gasteiger partial charge is 0.452 e. The van der Waals surface area contributed by atoms with E-state index in [1.807, 2.05) is 4.72 Å². The molecule has 150 valence electrons. The second-order valence-corrected chi connectivity index (χ2v) is 7.53. The molecule has 28 heavy (non-hydrogen) atoms. The molecule has 2 rings (SSSR count). The lowest BCUT2D eigenvalue weighted by atomic mass is 10.2. The molecule has 0 saturated carbocycles. The summed E-state index contributed by atoms with van der Waals surface area (Å²) in [5.74, 6) is -2.73. The van der Waals surface area contributed by atoms with Gasteiger partial charge in [-0.05, 0) is 42.8 Å². The summed E-state index contributed by atoms with van der Waals surface area (Å²) in [7, 11) is -4.11. The Morgan fingerprint density at radius 3 is 2.39 bits per heavy atom. The molecule has 0 heterocycles. The summed E-state index contributed by atoms with van der Waals surface area (Å²) in [6.45, 7) is 0.695. The highest BCUT2D eigenvalue weighted by molar-refractivity contribution is 7.89. The van der Waals surface area contributed by atoms with Crippen molar-refractivity contribution in [1.29, 1.82) is 0 Å². The van der Waals surface area contributed by atoms with Crippen molar-refractivity contribution in [3.05, 3.63) is 65.7 Å². The fourth-order valence-electron chi connectivity index (χ4n) is 2.10. The Hall–Kier alpha value is -2.85. The minimum absolute atomic E-state index is 0.104. The van der Waals surface area contributed by atoms with Gasteiger partial charge in [-0.3, -0.25) is 9.59 Å². The molecule has 2 aromatic carbocycles. The zero-order chi connectivity index (χ0) is 20.7. The van der Waals surface area contributed by atoms with Gasteiger partial charge in [0.15, 0.2) is 6.10 Å². The molecule has 0 aliphatic carbocycles. The Balaban J connectivity index is 1.81. The van der Waals surface area contributed by atoms with Gasteiger partial charge in [0.25, 0.3) is 5.91 Å². The lowest BCUT2D eigenvalue weighted by molar-refractivity contribution is -0.153. The van der Waals surface area contributed by atoms with Gasteiger partial charge >= 0.3 is 5.97 Å². The third kappa shape index (κ3) is 6.39. The monoisotopic (exact) mass is 412 g/mol. The van der Waals surface area contributed by atoms with E-state index in [9.17, 15) is 26.8 Å². The van der Waals surface area contributed by atoms with Crippen LogP contribution in [-0.4, -0.2) is 32.9 Å². The van der Waals surface area contributed by atoms with Crippen LogP contribution < -0.4 is 10.0 Å². The van der Waals surface area contributed by atoms with E-state index in [-0.39, 0.29) is 11.4 Å². The van der Waals surface area contributed by atoms with E-state index in [1.165, 1.54) is 43.3 Å². The minimum atomic E-state index is -4.11. The lowest BCUT2D eigenvalue weighted by Crippen LogP contribution is -2.38. The van der Waals surface area contributed by atoms with Crippen molar-refractivity contribution in [2.75, 3.05) is 6.54 Å². The van der Waals surface area contributed by atoms with Gasteiger partial charge in [-0.1, -0.05) is 18.2 Å². The van der Waals surface area contributed by atoms with E-state index in [4.69, 9.17) is 4.74 Å². The van der Waals surface area contributed by atoms with Crippen LogP contribution in [0.1, 0.15) is 12.5 Å². The van der Waals surface area contributed by atoms with Crippen molar-refractivity contribution in [3.8, 4) is 0 Å². The Bertz CT molecular complexity index is 949. The summed E-state index contributed by atoms with van der Waals surface area (Å²) in [5, 5.41) is 2.51. The topological polar surface area (TPSA) is 102 Å². The summed E-state index contributed by atoms with van der Waals surface area (Å²) in [6.07, 6.45) is -1.17. The molecule has 2 N–H and O–H groups in total. The number of halogens is 2. The number of sulfonamides is 1. The van der Waals surface area contributed by atoms with Gasteiger partial charge in [0, 0.05) is 6.54 Å². The molecule has 0 aliphatic rings. The molecule has 1 atom stereocenters. The number of amides is 1. The maximum atomic E-state index is 13.1. The number of carbonyl (C=O) groups is 2. The van der Waals surface area contributed by atoms with Gasteiger partial charge in [-0.25, -0.2) is 17.2 Å². The molecule has 0 fully saturated rings. The first-order valence-electron chi connectivity index (χ1n) is 8.14. The van der Waals surface area contributed by atoms with E-state index in [1.54, 1.807) is 0 Å². The average Bonchev–Trinajstić information content (AvgIpc) is 2.65. The predicted molar refractivity (Wildman–Crippen MR) is 95.4 cm³/mol. The summed E-state index contributed by atoms with van der Waals surface area (Å²) < 4.78 is 56.8. The Kier molecular flexibility index (Phi) is 7.18. The Morgan fingerprint density at radius 2 is 1.75 bits per heavy atom. The van der Waals surface area contributed by atoms with Gasteiger partial charge in [-0.15, -0.1) is 0 Å². The van der Waals surface area contributed by atoms with Crippen LogP contribution in [0.15, 0.2) is 53.4 Å². The highest BCUT2D eigenvalue weighted by Gasteiger charge is 2.20. The quantitative estimate of drug-likeness (QED) is 0.640. The molecule has 7 nitrogen and oxygen atoms in total. The Morgan fingerprint density at radius 1 is 1.07 bits per heavy atom. The molecule has 0 aromatic heterocycles. The lowest BCUT2D eigenvalue weighted by Gasteiger charge is -2.14. The summed E-state index contributed by atoms with van der Waals surface area (Å²) in [5.41, 5.74) is 0.649. The van der Waals surface area contributed by atoms with E-state index in [0.717, 1.165) is 12.1 Å². The SMILES string of the molecule is C[C@@H](OC(=O)CNS(=O)(=O)c1cccc(F)c1)C(=O)NCc1ccc(F)cc1. The summed E-state index contributed by atoms with van der Waals surface area (Å²) in [4.78, 5) is 23.4. The molecule has 0 bridgehead atoms. The number of hydrogen-bond donors (Lipinski definition) is 2.